The summed E-state index contributed by atoms with van der Waals surface area (Å²) in [6.07, 6.45) is 2.77. The summed E-state index contributed by atoms with van der Waals surface area (Å²) in [6, 6.07) is 6.67. The summed E-state index contributed by atoms with van der Waals surface area (Å²) in [5.74, 6) is -2.10. The number of carbonyl (C=O) groups is 2. The maximum atomic E-state index is 11.9. The van der Waals surface area contributed by atoms with Gasteiger partial charge in [-0.3, -0.25) is 9.59 Å². The summed E-state index contributed by atoms with van der Waals surface area (Å²) in [4.78, 5) is 23.4. The summed E-state index contributed by atoms with van der Waals surface area (Å²) in [7, 11) is 0. The van der Waals surface area contributed by atoms with Crippen LogP contribution in [-0.4, -0.2) is 34.7 Å². The summed E-state index contributed by atoms with van der Waals surface area (Å²) in [6.45, 7) is 2.49. The van der Waals surface area contributed by atoms with E-state index in [1.807, 2.05) is 13.0 Å². The predicted molar refractivity (Wildman–Crippen MR) is 87.3 cm³/mol. The molecule has 0 bridgehead atoms. The highest BCUT2D eigenvalue weighted by Gasteiger charge is 2.26. The molecule has 1 aromatic carbocycles. The largest absolute Gasteiger partial charge is 0.508 e. The van der Waals surface area contributed by atoms with Gasteiger partial charge in [-0.05, 0) is 43.4 Å². The van der Waals surface area contributed by atoms with Crippen LogP contribution in [0.25, 0.3) is 0 Å². The molecule has 1 aromatic rings. The van der Waals surface area contributed by atoms with Crippen LogP contribution in [0.2, 0.25) is 0 Å². The van der Waals surface area contributed by atoms with Gasteiger partial charge in [0, 0.05) is 6.54 Å². The van der Waals surface area contributed by atoms with Crippen LogP contribution in [0.1, 0.15) is 31.7 Å². The molecular weight excluding hydrogens is 296 g/mol. The number of rotatable bonds is 10. The fourth-order valence-corrected chi connectivity index (χ4v) is 2.16. The van der Waals surface area contributed by atoms with Crippen molar-refractivity contribution >= 4 is 11.8 Å². The Labute approximate surface area is 136 Å². The van der Waals surface area contributed by atoms with E-state index < -0.39 is 23.8 Å². The fraction of sp³-hybridized carbons (Fsp3) is 0.471. The average molecular weight is 321 g/mol. The minimum atomic E-state index is -1.05. The second-order valence-corrected chi connectivity index (χ2v) is 5.51. The number of unbranched alkanes of at least 4 members (excludes halogenated alkanes) is 1. The van der Waals surface area contributed by atoms with Gasteiger partial charge in [-0.1, -0.05) is 25.5 Å². The number of nitrogens with two attached hydrogens (primary N) is 1. The van der Waals surface area contributed by atoms with E-state index in [1.54, 1.807) is 24.6 Å². The first kappa shape index (κ1) is 19.0. The SMILES string of the molecule is CCCCNC(=O)[C@H](C[C@@H](O)[CH]Cc1cccc(O)c1)C(N)=O. The molecule has 2 amide bonds. The Morgan fingerprint density at radius 3 is 2.74 bits per heavy atom. The van der Waals surface area contributed by atoms with Crippen LogP contribution < -0.4 is 11.1 Å². The summed E-state index contributed by atoms with van der Waals surface area (Å²) in [5.41, 5.74) is 6.09. The van der Waals surface area contributed by atoms with Crippen molar-refractivity contribution in [2.75, 3.05) is 6.54 Å². The molecule has 6 heteroatoms. The molecule has 0 aliphatic rings. The Kier molecular flexibility index (Phi) is 8.11. The molecule has 0 fully saturated rings. The van der Waals surface area contributed by atoms with E-state index in [0.717, 1.165) is 18.4 Å². The average Bonchev–Trinajstić information content (AvgIpc) is 2.50. The van der Waals surface area contributed by atoms with Crippen molar-refractivity contribution in [3.05, 3.63) is 36.2 Å². The van der Waals surface area contributed by atoms with Crippen molar-refractivity contribution in [3.8, 4) is 5.75 Å². The van der Waals surface area contributed by atoms with Gasteiger partial charge < -0.3 is 21.3 Å². The molecule has 0 saturated heterocycles. The quantitative estimate of drug-likeness (QED) is 0.379. The number of phenolic OH excluding ortho intramolecular Hbond substituents is 1. The number of aromatic hydroxyl groups is 1. The summed E-state index contributed by atoms with van der Waals surface area (Å²) in [5, 5.41) is 22.0. The topological polar surface area (TPSA) is 113 Å². The third kappa shape index (κ3) is 7.15. The minimum absolute atomic E-state index is 0.0495. The van der Waals surface area contributed by atoms with Crippen molar-refractivity contribution in [3.63, 3.8) is 0 Å². The van der Waals surface area contributed by atoms with E-state index in [-0.39, 0.29) is 12.2 Å². The maximum Gasteiger partial charge on any atom is 0.232 e. The van der Waals surface area contributed by atoms with Crippen LogP contribution in [0.5, 0.6) is 5.75 Å². The third-order valence-electron chi connectivity index (χ3n) is 3.50. The lowest BCUT2D eigenvalue weighted by Gasteiger charge is -2.17. The van der Waals surface area contributed by atoms with Gasteiger partial charge in [-0.15, -0.1) is 0 Å². The van der Waals surface area contributed by atoms with E-state index in [2.05, 4.69) is 5.32 Å². The number of phenols is 1. The molecule has 23 heavy (non-hydrogen) atoms. The zero-order valence-corrected chi connectivity index (χ0v) is 13.4. The highest BCUT2D eigenvalue weighted by molar-refractivity contribution is 5.99. The van der Waals surface area contributed by atoms with E-state index in [0.29, 0.717) is 13.0 Å². The van der Waals surface area contributed by atoms with Crippen LogP contribution in [0.15, 0.2) is 24.3 Å². The smallest absolute Gasteiger partial charge is 0.232 e. The zero-order valence-electron chi connectivity index (χ0n) is 13.4. The number of benzene rings is 1. The Hall–Kier alpha value is -2.08. The molecule has 0 spiro atoms. The molecule has 1 radical (unpaired) electrons. The maximum absolute atomic E-state index is 11.9. The number of hydrogen-bond acceptors (Lipinski definition) is 4. The molecule has 2 atom stereocenters. The molecule has 0 aromatic heterocycles. The van der Waals surface area contributed by atoms with Gasteiger partial charge >= 0.3 is 0 Å². The standard InChI is InChI=1S/C17H25N2O4/c1-2-3-9-19-17(23)15(16(18)22)11-14(21)8-7-12-5-4-6-13(20)10-12/h4-6,8,10,14-15,20-21H,2-3,7,9,11H2,1H3,(H2,18,22)(H,19,23)/t14-,15+/m0/s1. The van der Waals surface area contributed by atoms with Crippen LogP contribution in [0.4, 0.5) is 0 Å². The molecule has 0 unspecified atom stereocenters. The van der Waals surface area contributed by atoms with Gasteiger partial charge in [0.15, 0.2) is 0 Å². The molecule has 0 saturated carbocycles. The lowest BCUT2D eigenvalue weighted by molar-refractivity contribution is -0.134. The number of carbonyl (C=O) groups excluding carboxylic acids is 2. The summed E-state index contributed by atoms with van der Waals surface area (Å²) < 4.78 is 0. The van der Waals surface area contributed by atoms with E-state index >= 15 is 0 Å². The predicted octanol–water partition coefficient (Wildman–Crippen LogP) is 0.908. The number of primary amides is 1. The molecule has 0 heterocycles. The van der Waals surface area contributed by atoms with Crippen LogP contribution >= 0.6 is 0 Å². The van der Waals surface area contributed by atoms with Crippen molar-refractivity contribution in [2.24, 2.45) is 11.7 Å². The Balaban J connectivity index is 2.48. The van der Waals surface area contributed by atoms with Crippen LogP contribution in [0, 0.1) is 12.3 Å². The highest BCUT2D eigenvalue weighted by atomic mass is 16.3. The second-order valence-electron chi connectivity index (χ2n) is 5.51. The van der Waals surface area contributed by atoms with Crippen LogP contribution in [0.3, 0.4) is 0 Å². The van der Waals surface area contributed by atoms with Gasteiger partial charge in [0.05, 0.1) is 6.10 Å². The van der Waals surface area contributed by atoms with Crippen molar-refractivity contribution in [1.29, 1.82) is 0 Å². The monoisotopic (exact) mass is 321 g/mol. The molecule has 0 aliphatic heterocycles. The molecule has 1 rings (SSSR count). The molecule has 127 valence electrons. The normalized spacial score (nSPS) is 13.3. The minimum Gasteiger partial charge on any atom is -0.508 e. The van der Waals surface area contributed by atoms with Crippen molar-refractivity contribution in [2.45, 2.75) is 38.7 Å². The molecule has 5 N–H and O–H groups in total. The first-order valence-corrected chi connectivity index (χ1v) is 7.80. The second kappa shape index (κ2) is 9.84. The van der Waals surface area contributed by atoms with Gasteiger partial charge in [-0.25, -0.2) is 0 Å². The number of aliphatic hydroxyl groups is 1. The van der Waals surface area contributed by atoms with Crippen LogP contribution in [-0.2, 0) is 16.0 Å². The fourth-order valence-electron chi connectivity index (χ4n) is 2.16. The molecule has 6 nitrogen and oxygen atoms in total. The zero-order chi connectivity index (χ0) is 17.2. The van der Waals surface area contributed by atoms with E-state index in [1.165, 1.54) is 0 Å². The number of nitrogens with one attached hydrogen (secondary N) is 1. The number of aliphatic hydroxyl groups excluding tert-OH is 1. The Morgan fingerprint density at radius 1 is 1.39 bits per heavy atom. The molecule has 0 aliphatic carbocycles. The van der Waals surface area contributed by atoms with E-state index in [4.69, 9.17) is 5.73 Å². The number of amides is 2. The highest BCUT2D eigenvalue weighted by Crippen LogP contribution is 2.15. The third-order valence-corrected chi connectivity index (χ3v) is 3.50. The van der Waals surface area contributed by atoms with Gasteiger partial charge in [0.25, 0.3) is 0 Å². The Morgan fingerprint density at radius 2 is 2.13 bits per heavy atom. The lowest BCUT2D eigenvalue weighted by Crippen LogP contribution is -2.41. The van der Waals surface area contributed by atoms with Gasteiger partial charge in [0.1, 0.15) is 11.7 Å². The van der Waals surface area contributed by atoms with E-state index in [9.17, 15) is 19.8 Å². The van der Waals surface area contributed by atoms with Crippen molar-refractivity contribution < 1.29 is 19.8 Å². The molecular formula is C17H25N2O4. The first-order chi connectivity index (χ1) is 10.9. The Bertz CT molecular complexity index is 519. The first-order valence-electron chi connectivity index (χ1n) is 7.80. The summed E-state index contributed by atoms with van der Waals surface area (Å²) >= 11 is 0. The van der Waals surface area contributed by atoms with Gasteiger partial charge in [-0.2, -0.15) is 0 Å². The number of hydrogen-bond donors (Lipinski definition) is 4. The van der Waals surface area contributed by atoms with Gasteiger partial charge in [0.2, 0.25) is 11.8 Å². The van der Waals surface area contributed by atoms with Crippen molar-refractivity contribution in [1.82, 2.24) is 5.32 Å². The lowest BCUT2D eigenvalue weighted by atomic mass is 9.95.